The van der Waals surface area contributed by atoms with Crippen molar-refractivity contribution in [2.24, 2.45) is 5.73 Å². The Morgan fingerprint density at radius 2 is 1.89 bits per heavy atom. The molecule has 0 fully saturated rings. The van der Waals surface area contributed by atoms with Crippen LogP contribution in [0, 0.1) is 19.9 Å². The van der Waals surface area contributed by atoms with Crippen molar-refractivity contribution in [3.05, 3.63) is 71.3 Å². The minimum absolute atomic E-state index is 0. The molecule has 0 atom stereocenters. The van der Waals surface area contributed by atoms with Gasteiger partial charge in [0.1, 0.15) is 12.0 Å². The minimum atomic E-state index is -2.15. The van der Waals surface area contributed by atoms with Gasteiger partial charge in [-0.05, 0) is 0 Å². The summed E-state index contributed by atoms with van der Waals surface area (Å²) >= 11 is 0. The van der Waals surface area contributed by atoms with E-state index < -0.39 is 5.79 Å². The van der Waals surface area contributed by atoms with Gasteiger partial charge in [0.05, 0.1) is 6.61 Å². The van der Waals surface area contributed by atoms with E-state index in [0.717, 1.165) is 16.7 Å². The molecule has 0 unspecified atom stereocenters. The van der Waals surface area contributed by atoms with Crippen LogP contribution < -0.4 is 61.9 Å². The molecule has 3 aromatic rings. The number of aromatic nitrogens is 1. The summed E-state index contributed by atoms with van der Waals surface area (Å²) in [5, 5.41) is 21.6. The van der Waals surface area contributed by atoms with Gasteiger partial charge >= 0.3 is 51.4 Å². The number of hydrogen-bond acceptors (Lipinski definition) is 6. The summed E-state index contributed by atoms with van der Waals surface area (Å²) in [4.78, 5) is 4.08. The number of hydrogen-bond donors (Lipinski definition) is 3. The van der Waals surface area contributed by atoms with Crippen molar-refractivity contribution in [3.63, 3.8) is 0 Å². The van der Waals surface area contributed by atoms with E-state index in [1.165, 1.54) is 12.7 Å². The molecule has 7 heteroatoms. The Morgan fingerprint density at radius 1 is 1.19 bits per heavy atom. The molecule has 0 bridgehead atoms. The molecule has 1 aromatic heterocycles. The fourth-order valence-corrected chi connectivity index (χ4v) is 2.78. The van der Waals surface area contributed by atoms with Crippen LogP contribution in [-0.4, -0.2) is 28.3 Å². The van der Waals surface area contributed by atoms with E-state index in [1.54, 1.807) is 30.3 Å². The van der Waals surface area contributed by atoms with E-state index in [-0.39, 0.29) is 51.4 Å². The van der Waals surface area contributed by atoms with Gasteiger partial charge in [0.15, 0.2) is 12.2 Å². The Hall–Kier alpha value is -1.03. The minimum Gasteiger partial charge on any atom is -0.518 e. The molecular formula is C20H21KN2O4. The summed E-state index contributed by atoms with van der Waals surface area (Å²) in [6, 6.07) is 11.3. The summed E-state index contributed by atoms with van der Waals surface area (Å²) in [7, 11) is 0. The molecule has 0 aliphatic carbocycles. The van der Waals surface area contributed by atoms with Crippen LogP contribution in [0.5, 0.6) is 5.75 Å². The molecule has 0 spiro atoms. The summed E-state index contributed by atoms with van der Waals surface area (Å²) in [6.45, 7) is 4.45. The molecule has 0 saturated carbocycles. The summed E-state index contributed by atoms with van der Waals surface area (Å²) in [6.07, 6.45) is 2.88. The van der Waals surface area contributed by atoms with Gasteiger partial charge in [0, 0.05) is 23.4 Å². The Labute approximate surface area is 200 Å². The number of ether oxygens (including phenoxy) is 1. The first-order chi connectivity index (χ1) is 12.4. The van der Waals surface area contributed by atoms with E-state index in [9.17, 15) is 10.2 Å². The van der Waals surface area contributed by atoms with Gasteiger partial charge in [-0.25, -0.2) is 4.98 Å². The number of aliphatic hydroxyl groups is 2. The Bertz CT molecular complexity index is 878. The molecule has 0 amide bonds. The van der Waals surface area contributed by atoms with Crippen LogP contribution in [0.25, 0.3) is 11.3 Å². The van der Waals surface area contributed by atoms with Crippen molar-refractivity contribution in [2.45, 2.75) is 19.6 Å². The number of oxazole rings is 1. The maximum Gasteiger partial charge on any atom is 1.00 e. The zero-order chi connectivity index (χ0) is 18.7. The molecule has 0 aliphatic heterocycles. The Morgan fingerprint density at radius 3 is 2.48 bits per heavy atom. The van der Waals surface area contributed by atoms with E-state index in [2.05, 4.69) is 11.1 Å². The fraction of sp³-hybridized carbons (Fsp3) is 0.250. The van der Waals surface area contributed by atoms with Crippen molar-refractivity contribution in [2.75, 3.05) is 13.2 Å². The van der Waals surface area contributed by atoms with E-state index in [1.807, 2.05) is 13.8 Å². The summed E-state index contributed by atoms with van der Waals surface area (Å²) < 4.78 is 10.5. The van der Waals surface area contributed by atoms with Crippen molar-refractivity contribution in [1.29, 1.82) is 0 Å². The quantitative estimate of drug-likeness (QED) is 0.291. The second-order valence-electron chi connectivity index (χ2n) is 6.04. The largest absolute Gasteiger partial charge is 1.00 e. The van der Waals surface area contributed by atoms with Crippen LogP contribution in [0.4, 0.5) is 0 Å². The molecule has 1 heterocycles. The van der Waals surface area contributed by atoms with E-state index in [4.69, 9.17) is 14.9 Å². The average Bonchev–Trinajstić information content (AvgIpc) is 3.17. The van der Waals surface area contributed by atoms with Crippen molar-refractivity contribution in [3.8, 4) is 17.0 Å². The van der Waals surface area contributed by atoms with Gasteiger partial charge in [0.25, 0.3) is 0 Å². The second kappa shape index (κ2) is 9.44. The number of nitrogens with two attached hydrogens (primary N) is 1. The third-order valence-electron chi connectivity index (χ3n) is 4.41. The first-order valence-corrected chi connectivity index (χ1v) is 8.24. The van der Waals surface area contributed by atoms with Crippen LogP contribution in [0.15, 0.2) is 47.4 Å². The smallest absolute Gasteiger partial charge is 0.518 e. The fourth-order valence-electron chi connectivity index (χ4n) is 2.78. The van der Waals surface area contributed by atoms with Gasteiger partial charge in [-0.1, -0.05) is 43.7 Å². The second-order valence-corrected chi connectivity index (χ2v) is 6.04. The predicted molar refractivity (Wildman–Crippen MR) is 96.5 cm³/mol. The maximum atomic E-state index is 10.8. The zero-order valence-electron chi connectivity index (χ0n) is 15.7. The average molecular weight is 392 g/mol. The number of nitrogens with zero attached hydrogens (tertiary/aromatic N) is 1. The van der Waals surface area contributed by atoms with Crippen LogP contribution in [0.3, 0.4) is 0 Å². The SMILES string of the molecule is Cc1c(OCCN)[c-]cc(C(O)(O)c2ccc(-c3cocn3)cc2)c1C.[K+]. The Kier molecular flexibility index (Phi) is 7.79. The molecule has 0 radical (unpaired) electrons. The predicted octanol–water partition coefficient (Wildman–Crippen LogP) is -0.714. The first kappa shape index (κ1) is 22.3. The monoisotopic (exact) mass is 392 g/mol. The van der Waals surface area contributed by atoms with Crippen LogP contribution in [-0.2, 0) is 5.79 Å². The molecule has 27 heavy (non-hydrogen) atoms. The van der Waals surface area contributed by atoms with Gasteiger partial charge < -0.3 is 25.1 Å². The molecule has 6 nitrogen and oxygen atoms in total. The van der Waals surface area contributed by atoms with Crippen molar-refractivity contribution < 1.29 is 70.8 Å². The molecule has 136 valence electrons. The molecule has 2 aromatic carbocycles. The van der Waals surface area contributed by atoms with Crippen LogP contribution >= 0.6 is 0 Å². The summed E-state index contributed by atoms with van der Waals surface area (Å²) in [5.41, 5.74) is 9.17. The maximum absolute atomic E-state index is 10.8. The van der Waals surface area contributed by atoms with Crippen molar-refractivity contribution >= 4 is 0 Å². The standard InChI is InChI=1S/C20H21N2O4.K/c1-13-14(2)19(26-10-9-21)8-7-17(13)20(23,24)16-5-3-15(4-6-16)18-11-25-12-22-18;/h3-7,11-12,23-24H,9-10,21H2,1-2H3;/q-1;+1. The van der Waals surface area contributed by atoms with Crippen LogP contribution in [0.2, 0.25) is 0 Å². The number of benzene rings is 2. The number of rotatable bonds is 6. The first-order valence-electron chi connectivity index (χ1n) is 8.24. The van der Waals surface area contributed by atoms with E-state index >= 15 is 0 Å². The third-order valence-corrected chi connectivity index (χ3v) is 4.41. The molecule has 3 rings (SSSR count). The summed E-state index contributed by atoms with van der Waals surface area (Å²) in [5.74, 6) is -1.59. The third kappa shape index (κ3) is 4.69. The van der Waals surface area contributed by atoms with Gasteiger partial charge in [-0.2, -0.15) is 6.07 Å². The topological polar surface area (TPSA) is 102 Å². The zero-order valence-corrected chi connectivity index (χ0v) is 18.8. The molecule has 0 saturated heterocycles. The van der Waals surface area contributed by atoms with Gasteiger partial charge in [0.2, 0.25) is 0 Å². The van der Waals surface area contributed by atoms with E-state index in [0.29, 0.717) is 35.7 Å². The molecular weight excluding hydrogens is 371 g/mol. The normalized spacial score (nSPS) is 11.1. The molecule has 4 N–H and O–H groups in total. The van der Waals surface area contributed by atoms with Gasteiger partial charge in [-0.15, -0.1) is 17.2 Å². The molecule has 0 aliphatic rings. The van der Waals surface area contributed by atoms with Crippen LogP contribution in [0.1, 0.15) is 22.3 Å². The van der Waals surface area contributed by atoms with Crippen molar-refractivity contribution in [1.82, 2.24) is 4.98 Å². The Balaban J connectivity index is 0.00000261. The van der Waals surface area contributed by atoms with Gasteiger partial charge in [-0.3, -0.25) is 0 Å².